The maximum Gasteiger partial charge on any atom is 0.172 e. The first-order chi connectivity index (χ1) is 6.59. The minimum atomic E-state index is -0.234. The second-order valence-corrected chi connectivity index (χ2v) is 4.44. The topological polar surface area (TPSA) is 17.8 Å². The number of nitrogens with zero attached hydrogens (tertiary/aromatic N) is 2. The van der Waals surface area contributed by atoms with Crippen LogP contribution in [0.4, 0.5) is 4.39 Å². The van der Waals surface area contributed by atoms with Crippen LogP contribution >= 0.6 is 22.6 Å². The van der Waals surface area contributed by atoms with Crippen LogP contribution in [-0.4, -0.2) is 9.55 Å². The molecule has 0 radical (unpaired) electrons. The summed E-state index contributed by atoms with van der Waals surface area (Å²) in [6.45, 7) is 4.18. The summed E-state index contributed by atoms with van der Waals surface area (Å²) in [6, 6.07) is 5.06. The molecule has 0 aliphatic heterocycles. The fraction of sp³-hybridized carbons (Fsp3) is 0.300. The van der Waals surface area contributed by atoms with Gasteiger partial charge in [-0.3, -0.25) is 0 Å². The van der Waals surface area contributed by atoms with Gasteiger partial charge in [-0.25, -0.2) is 9.37 Å². The SMILES string of the molecule is CC(C)n1c(I)nc2cc(F)ccc21. The lowest BCUT2D eigenvalue weighted by Gasteiger charge is -2.09. The molecule has 0 atom stereocenters. The van der Waals surface area contributed by atoms with Crippen LogP contribution in [0.2, 0.25) is 0 Å². The number of rotatable bonds is 1. The number of hydrogen-bond donors (Lipinski definition) is 0. The van der Waals surface area contributed by atoms with E-state index in [0.717, 1.165) is 14.9 Å². The van der Waals surface area contributed by atoms with E-state index in [4.69, 9.17) is 0 Å². The molecule has 0 amide bonds. The summed E-state index contributed by atoms with van der Waals surface area (Å²) in [6.07, 6.45) is 0. The zero-order valence-corrected chi connectivity index (χ0v) is 10.1. The Morgan fingerprint density at radius 2 is 2.14 bits per heavy atom. The summed E-state index contributed by atoms with van der Waals surface area (Å²) >= 11 is 2.17. The molecule has 0 spiro atoms. The van der Waals surface area contributed by atoms with Crippen LogP contribution in [0, 0.1) is 9.65 Å². The molecule has 0 bridgehead atoms. The minimum Gasteiger partial charge on any atom is -0.317 e. The number of hydrogen-bond acceptors (Lipinski definition) is 1. The summed E-state index contributed by atoms with van der Waals surface area (Å²) in [5.41, 5.74) is 1.72. The Balaban J connectivity index is 2.77. The van der Waals surface area contributed by atoms with E-state index in [1.807, 2.05) is 0 Å². The molecule has 2 rings (SSSR count). The third-order valence-electron chi connectivity index (χ3n) is 2.12. The van der Waals surface area contributed by atoms with Crippen LogP contribution in [0.15, 0.2) is 18.2 Å². The zero-order valence-electron chi connectivity index (χ0n) is 7.96. The van der Waals surface area contributed by atoms with Crippen LogP contribution < -0.4 is 0 Å². The quantitative estimate of drug-likeness (QED) is 0.739. The van der Waals surface area contributed by atoms with Crippen LogP contribution in [-0.2, 0) is 0 Å². The maximum atomic E-state index is 12.9. The van der Waals surface area contributed by atoms with Crippen molar-refractivity contribution < 1.29 is 4.39 Å². The molecule has 0 saturated carbocycles. The molecule has 1 heterocycles. The lowest BCUT2D eigenvalue weighted by molar-refractivity contribution is 0.602. The standard InChI is InChI=1S/C10H10FIN2/c1-6(2)14-9-4-3-7(11)5-8(9)13-10(14)12/h3-6H,1-2H3. The van der Waals surface area contributed by atoms with Gasteiger partial charge in [-0.05, 0) is 48.6 Å². The Labute approximate surface area is 95.3 Å². The second kappa shape index (κ2) is 3.49. The van der Waals surface area contributed by atoms with Gasteiger partial charge in [-0.2, -0.15) is 0 Å². The molecule has 0 fully saturated rings. The third kappa shape index (κ3) is 1.51. The van der Waals surface area contributed by atoms with E-state index in [-0.39, 0.29) is 5.82 Å². The molecule has 4 heteroatoms. The monoisotopic (exact) mass is 304 g/mol. The third-order valence-corrected chi connectivity index (χ3v) is 2.89. The largest absolute Gasteiger partial charge is 0.317 e. The van der Waals surface area contributed by atoms with Crippen LogP contribution in [0.25, 0.3) is 11.0 Å². The van der Waals surface area contributed by atoms with Gasteiger partial charge in [-0.15, -0.1) is 0 Å². The van der Waals surface area contributed by atoms with Gasteiger partial charge in [0, 0.05) is 12.1 Å². The van der Waals surface area contributed by atoms with Crippen molar-refractivity contribution in [2.24, 2.45) is 0 Å². The fourth-order valence-corrected chi connectivity index (χ4v) is 2.61. The molecular weight excluding hydrogens is 294 g/mol. The normalized spacial score (nSPS) is 11.5. The highest BCUT2D eigenvalue weighted by Gasteiger charge is 2.10. The molecule has 0 aliphatic rings. The maximum absolute atomic E-state index is 12.9. The molecule has 0 unspecified atom stereocenters. The van der Waals surface area contributed by atoms with E-state index in [1.165, 1.54) is 12.1 Å². The van der Waals surface area contributed by atoms with Crippen molar-refractivity contribution in [3.63, 3.8) is 0 Å². The predicted octanol–water partition coefficient (Wildman–Crippen LogP) is 3.36. The lowest BCUT2D eigenvalue weighted by atomic mass is 10.3. The molecule has 2 nitrogen and oxygen atoms in total. The average Bonchev–Trinajstić information content (AvgIpc) is 2.39. The Kier molecular flexibility index (Phi) is 2.47. The lowest BCUT2D eigenvalue weighted by Crippen LogP contribution is -2.02. The molecule has 2 aromatic rings. The van der Waals surface area contributed by atoms with Gasteiger partial charge in [0.15, 0.2) is 3.83 Å². The van der Waals surface area contributed by atoms with Crippen molar-refractivity contribution in [1.29, 1.82) is 0 Å². The first kappa shape index (κ1) is 9.89. The summed E-state index contributed by atoms with van der Waals surface area (Å²) in [7, 11) is 0. The number of fused-ring (bicyclic) bond motifs is 1. The Hall–Kier alpha value is -0.650. The smallest absolute Gasteiger partial charge is 0.172 e. The van der Waals surface area contributed by atoms with E-state index in [2.05, 4.69) is 46.0 Å². The summed E-state index contributed by atoms with van der Waals surface area (Å²) in [5.74, 6) is -0.234. The molecule has 1 aromatic carbocycles. The molecule has 0 N–H and O–H groups in total. The van der Waals surface area contributed by atoms with Crippen molar-refractivity contribution in [1.82, 2.24) is 9.55 Å². The van der Waals surface area contributed by atoms with Crippen molar-refractivity contribution >= 4 is 33.6 Å². The van der Waals surface area contributed by atoms with E-state index < -0.39 is 0 Å². The van der Waals surface area contributed by atoms with Gasteiger partial charge < -0.3 is 4.57 Å². The number of halogens is 2. The van der Waals surface area contributed by atoms with E-state index in [1.54, 1.807) is 6.07 Å². The van der Waals surface area contributed by atoms with Crippen molar-refractivity contribution in [3.05, 3.63) is 27.8 Å². The van der Waals surface area contributed by atoms with Crippen molar-refractivity contribution in [2.75, 3.05) is 0 Å². The molecular formula is C10H10FIN2. The summed E-state index contributed by atoms with van der Waals surface area (Å²) in [4.78, 5) is 4.30. The van der Waals surface area contributed by atoms with Gasteiger partial charge in [0.1, 0.15) is 5.82 Å². The van der Waals surface area contributed by atoms with E-state index in [0.29, 0.717) is 6.04 Å². The van der Waals surface area contributed by atoms with Gasteiger partial charge in [0.05, 0.1) is 11.0 Å². The Morgan fingerprint density at radius 1 is 1.43 bits per heavy atom. The average molecular weight is 304 g/mol. The summed E-state index contributed by atoms with van der Waals surface area (Å²) in [5, 5.41) is 0. The molecule has 0 saturated heterocycles. The first-order valence-corrected chi connectivity index (χ1v) is 5.50. The second-order valence-electron chi connectivity index (χ2n) is 3.48. The molecule has 0 aliphatic carbocycles. The predicted molar refractivity (Wildman–Crippen MR) is 62.8 cm³/mol. The highest BCUT2D eigenvalue weighted by molar-refractivity contribution is 14.1. The minimum absolute atomic E-state index is 0.234. The van der Waals surface area contributed by atoms with Gasteiger partial charge in [-0.1, -0.05) is 0 Å². The highest BCUT2D eigenvalue weighted by Crippen LogP contribution is 2.22. The highest BCUT2D eigenvalue weighted by atomic mass is 127. The number of benzene rings is 1. The van der Waals surface area contributed by atoms with Crippen molar-refractivity contribution in [2.45, 2.75) is 19.9 Å². The fourth-order valence-electron chi connectivity index (χ4n) is 1.53. The van der Waals surface area contributed by atoms with Crippen LogP contribution in [0.5, 0.6) is 0 Å². The van der Waals surface area contributed by atoms with Gasteiger partial charge >= 0.3 is 0 Å². The van der Waals surface area contributed by atoms with Crippen molar-refractivity contribution in [3.8, 4) is 0 Å². The molecule has 1 aromatic heterocycles. The first-order valence-electron chi connectivity index (χ1n) is 4.42. The molecule has 74 valence electrons. The summed E-state index contributed by atoms with van der Waals surface area (Å²) < 4.78 is 15.9. The number of aromatic nitrogens is 2. The zero-order chi connectivity index (χ0) is 10.3. The number of imidazole rings is 1. The molecule has 14 heavy (non-hydrogen) atoms. The van der Waals surface area contributed by atoms with Crippen LogP contribution in [0.3, 0.4) is 0 Å². The van der Waals surface area contributed by atoms with E-state index >= 15 is 0 Å². The van der Waals surface area contributed by atoms with E-state index in [9.17, 15) is 4.39 Å². The van der Waals surface area contributed by atoms with Crippen LogP contribution in [0.1, 0.15) is 19.9 Å². The Bertz CT molecular complexity index is 476. The Morgan fingerprint density at radius 3 is 2.79 bits per heavy atom. The van der Waals surface area contributed by atoms with Gasteiger partial charge in [0.2, 0.25) is 0 Å². The van der Waals surface area contributed by atoms with Gasteiger partial charge in [0.25, 0.3) is 0 Å².